The van der Waals surface area contributed by atoms with Gasteiger partial charge in [-0.3, -0.25) is 4.79 Å². The van der Waals surface area contributed by atoms with E-state index in [2.05, 4.69) is 15.4 Å². The molecule has 8 heteroatoms. The summed E-state index contributed by atoms with van der Waals surface area (Å²) in [6.07, 6.45) is 4.35. The molecule has 0 fully saturated rings. The average molecular weight is 401 g/mol. The van der Waals surface area contributed by atoms with E-state index in [1.165, 1.54) is 0 Å². The van der Waals surface area contributed by atoms with Gasteiger partial charge in [-0.15, -0.1) is 0 Å². The van der Waals surface area contributed by atoms with Crippen LogP contribution >= 0.6 is 11.6 Å². The molecule has 4 rings (SSSR count). The van der Waals surface area contributed by atoms with Crippen LogP contribution in [0.5, 0.6) is 11.5 Å². The molecule has 0 bridgehead atoms. The van der Waals surface area contributed by atoms with E-state index in [1.54, 1.807) is 24.5 Å². The minimum absolute atomic E-state index is 0.164. The maximum Gasteiger partial charge on any atom is 0.228 e. The number of nitrogens with one attached hydrogen (secondary N) is 1. The minimum atomic E-state index is -0.164. The van der Waals surface area contributed by atoms with Crippen LogP contribution in [0.25, 0.3) is 11.0 Å². The van der Waals surface area contributed by atoms with Crippen molar-refractivity contribution in [3.63, 3.8) is 0 Å². The standard InChI is InChI=1S/C20H21ClN4O3/c1-12(2)25-20-14(10-23-25)9-15(11-22-20)24-18(26)8-13-6-16(21)19-17(7-13)27-4-3-5-28-19/h6-7,9-12H,3-5,8H2,1-2H3,(H,24,26). The Morgan fingerprint density at radius 3 is 2.89 bits per heavy atom. The van der Waals surface area contributed by atoms with Crippen molar-refractivity contribution in [3.05, 3.63) is 41.2 Å². The summed E-state index contributed by atoms with van der Waals surface area (Å²) in [4.78, 5) is 16.9. The predicted octanol–water partition coefficient (Wildman–Crippen LogP) is 4.01. The number of pyridine rings is 1. The molecule has 3 aromatic rings. The summed E-state index contributed by atoms with van der Waals surface area (Å²) >= 11 is 6.30. The number of aromatic nitrogens is 3. The predicted molar refractivity (Wildman–Crippen MR) is 107 cm³/mol. The molecule has 1 aromatic carbocycles. The molecular weight excluding hydrogens is 380 g/mol. The first-order valence-corrected chi connectivity index (χ1v) is 9.60. The van der Waals surface area contributed by atoms with Crippen LogP contribution < -0.4 is 14.8 Å². The normalized spacial score (nSPS) is 13.6. The zero-order valence-corrected chi connectivity index (χ0v) is 16.5. The Kier molecular flexibility index (Phi) is 5.09. The molecule has 0 aliphatic carbocycles. The highest BCUT2D eigenvalue weighted by molar-refractivity contribution is 6.32. The molecule has 146 valence electrons. The fourth-order valence-corrected chi connectivity index (χ4v) is 3.45. The SMILES string of the molecule is CC(C)n1ncc2cc(NC(=O)Cc3cc(Cl)c4c(c3)OCCCO4)cnc21. The van der Waals surface area contributed by atoms with Crippen molar-refractivity contribution < 1.29 is 14.3 Å². The summed E-state index contributed by atoms with van der Waals surface area (Å²) in [5.41, 5.74) is 2.18. The van der Waals surface area contributed by atoms with Crippen molar-refractivity contribution in [2.75, 3.05) is 18.5 Å². The van der Waals surface area contributed by atoms with Gasteiger partial charge in [0.15, 0.2) is 17.1 Å². The van der Waals surface area contributed by atoms with Crippen LogP contribution in [0.2, 0.25) is 5.02 Å². The summed E-state index contributed by atoms with van der Waals surface area (Å²) in [5.74, 6) is 0.958. The third kappa shape index (κ3) is 3.75. The highest BCUT2D eigenvalue weighted by Crippen LogP contribution is 2.38. The van der Waals surface area contributed by atoms with Gasteiger partial charge in [0.2, 0.25) is 5.91 Å². The van der Waals surface area contributed by atoms with Gasteiger partial charge in [-0.1, -0.05) is 11.6 Å². The first-order valence-electron chi connectivity index (χ1n) is 9.22. The van der Waals surface area contributed by atoms with Crippen molar-refractivity contribution >= 4 is 34.2 Å². The Labute approximate surface area is 167 Å². The van der Waals surface area contributed by atoms with Crippen molar-refractivity contribution in [1.82, 2.24) is 14.8 Å². The van der Waals surface area contributed by atoms with E-state index >= 15 is 0 Å². The maximum absolute atomic E-state index is 12.5. The zero-order chi connectivity index (χ0) is 19.7. The number of carbonyl (C=O) groups is 1. The Morgan fingerprint density at radius 1 is 1.25 bits per heavy atom. The molecule has 0 saturated heterocycles. The molecule has 1 N–H and O–H groups in total. The topological polar surface area (TPSA) is 78.3 Å². The van der Waals surface area contributed by atoms with Crippen LogP contribution in [0.3, 0.4) is 0 Å². The van der Waals surface area contributed by atoms with Gasteiger partial charge in [0.05, 0.1) is 42.7 Å². The van der Waals surface area contributed by atoms with Crippen LogP contribution in [0.15, 0.2) is 30.6 Å². The molecule has 1 aliphatic rings. The second-order valence-electron chi connectivity index (χ2n) is 7.00. The molecule has 1 amide bonds. The second-order valence-corrected chi connectivity index (χ2v) is 7.41. The van der Waals surface area contributed by atoms with Crippen LogP contribution in [0.1, 0.15) is 31.9 Å². The van der Waals surface area contributed by atoms with E-state index in [4.69, 9.17) is 21.1 Å². The molecule has 28 heavy (non-hydrogen) atoms. The van der Waals surface area contributed by atoms with Gasteiger partial charge in [0.25, 0.3) is 0 Å². The zero-order valence-electron chi connectivity index (χ0n) is 15.7. The Bertz CT molecular complexity index is 1030. The summed E-state index contributed by atoms with van der Waals surface area (Å²) < 4.78 is 13.1. The quantitative estimate of drug-likeness (QED) is 0.715. The lowest BCUT2D eigenvalue weighted by atomic mass is 10.1. The molecule has 0 saturated carbocycles. The van der Waals surface area contributed by atoms with E-state index < -0.39 is 0 Å². The number of anilines is 1. The van der Waals surface area contributed by atoms with E-state index in [-0.39, 0.29) is 18.4 Å². The van der Waals surface area contributed by atoms with Gasteiger partial charge < -0.3 is 14.8 Å². The van der Waals surface area contributed by atoms with Crippen LogP contribution in [-0.4, -0.2) is 33.9 Å². The minimum Gasteiger partial charge on any atom is -0.489 e. The molecule has 0 spiro atoms. The summed E-state index contributed by atoms with van der Waals surface area (Å²) in [7, 11) is 0. The molecule has 3 heterocycles. The lowest BCUT2D eigenvalue weighted by Crippen LogP contribution is -2.14. The average Bonchev–Trinajstić information content (AvgIpc) is 2.91. The number of halogens is 1. The number of amides is 1. The van der Waals surface area contributed by atoms with Crippen LogP contribution in [0.4, 0.5) is 5.69 Å². The van der Waals surface area contributed by atoms with Crippen molar-refractivity contribution in [2.24, 2.45) is 0 Å². The summed E-state index contributed by atoms with van der Waals surface area (Å²) in [5, 5.41) is 8.55. The largest absolute Gasteiger partial charge is 0.489 e. The first-order chi connectivity index (χ1) is 13.5. The number of nitrogens with zero attached hydrogens (tertiary/aromatic N) is 3. The third-order valence-electron chi connectivity index (χ3n) is 4.43. The van der Waals surface area contributed by atoms with Gasteiger partial charge in [-0.2, -0.15) is 5.10 Å². The number of rotatable bonds is 4. The lowest BCUT2D eigenvalue weighted by Gasteiger charge is -2.12. The molecule has 7 nitrogen and oxygen atoms in total. The molecule has 0 atom stereocenters. The molecular formula is C20H21ClN4O3. The fraction of sp³-hybridized carbons (Fsp3) is 0.350. The smallest absolute Gasteiger partial charge is 0.228 e. The third-order valence-corrected chi connectivity index (χ3v) is 4.71. The monoisotopic (exact) mass is 400 g/mol. The molecule has 0 unspecified atom stereocenters. The fourth-order valence-electron chi connectivity index (χ4n) is 3.16. The van der Waals surface area contributed by atoms with Crippen molar-refractivity contribution in [2.45, 2.75) is 32.7 Å². The van der Waals surface area contributed by atoms with E-state index in [9.17, 15) is 4.79 Å². The highest BCUT2D eigenvalue weighted by atomic mass is 35.5. The number of hydrogen-bond acceptors (Lipinski definition) is 5. The molecule has 2 aromatic heterocycles. The van der Waals surface area contributed by atoms with Gasteiger partial charge in [0.1, 0.15) is 0 Å². The number of hydrogen-bond donors (Lipinski definition) is 1. The summed E-state index contributed by atoms with van der Waals surface area (Å²) in [6, 6.07) is 5.63. The molecule has 0 radical (unpaired) electrons. The summed E-state index contributed by atoms with van der Waals surface area (Å²) in [6.45, 7) is 5.22. The Balaban J connectivity index is 1.49. The molecule has 1 aliphatic heterocycles. The number of fused-ring (bicyclic) bond motifs is 2. The van der Waals surface area contributed by atoms with Gasteiger partial charge in [-0.05, 0) is 37.6 Å². The second kappa shape index (κ2) is 7.67. The highest BCUT2D eigenvalue weighted by Gasteiger charge is 2.17. The maximum atomic E-state index is 12.5. The van der Waals surface area contributed by atoms with Gasteiger partial charge >= 0.3 is 0 Å². The van der Waals surface area contributed by atoms with E-state index in [0.29, 0.717) is 35.4 Å². The first kappa shape index (κ1) is 18.6. The number of benzene rings is 1. The van der Waals surface area contributed by atoms with E-state index in [1.807, 2.05) is 24.6 Å². The number of carbonyl (C=O) groups excluding carboxylic acids is 1. The van der Waals surface area contributed by atoms with Gasteiger partial charge in [0, 0.05) is 17.8 Å². The van der Waals surface area contributed by atoms with E-state index in [0.717, 1.165) is 23.0 Å². The van der Waals surface area contributed by atoms with Crippen molar-refractivity contribution in [1.29, 1.82) is 0 Å². The van der Waals surface area contributed by atoms with Crippen LogP contribution in [-0.2, 0) is 11.2 Å². The number of ether oxygens (including phenoxy) is 2. The van der Waals surface area contributed by atoms with Crippen LogP contribution in [0, 0.1) is 0 Å². The van der Waals surface area contributed by atoms with Crippen molar-refractivity contribution in [3.8, 4) is 11.5 Å². The lowest BCUT2D eigenvalue weighted by molar-refractivity contribution is -0.115. The Hall–Kier alpha value is -2.80. The Morgan fingerprint density at radius 2 is 2.07 bits per heavy atom. The van der Waals surface area contributed by atoms with Gasteiger partial charge in [-0.25, -0.2) is 9.67 Å².